The standard InChI is InChI=1S/C12H23NO2/c1-4-8-13-12(2,3)9-15-11(14)10-6-5-7-10/h10,13H,4-9H2,1-3H3. The van der Waals surface area contributed by atoms with Gasteiger partial charge in [-0.1, -0.05) is 13.3 Å². The smallest absolute Gasteiger partial charge is 0.308 e. The van der Waals surface area contributed by atoms with E-state index in [0.29, 0.717) is 6.61 Å². The highest BCUT2D eigenvalue weighted by Gasteiger charge is 2.28. The predicted molar refractivity (Wildman–Crippen MR) is 60.7 cm³/mol. The van der Waals surface area contributed by atoms with Gasteiger partial charge in [0, 0.05) is 5.54 Å². The number of carbonyl (C=O) groups is 1. The second-order valence-electron chi connectivity index (χ2n) is 5.05. The van der Waals surface area contributed by atoms with E-state index in [1.807, 2.05) is 0 Å². The van der Waals surface area contributed by atoms with Crippen molar-refractivity contribution in [3.63, 3.8) is 0 Å². The number of hydrogen-bond acceptors (Lipinski definition) is 3. The molecule has 1 N–H and O–H groups in total. The van der Waals surface area contributed by atoms with Gasteiger partial charge >= 0.3 is 5.97 Å². The monoisotopic (exact) mass is 213 g/mol. The van der Waals surface area contributed by atoms with Crippen molar-refractivity contribution in [2.45, 2.75) is 52.0 Å². The Kier molecular flexibility index (Phi) is 4.58. The minimum atomic E-state index is -0.102. The highest BCUT2D eigenvalue weighted by Crippen LogP contribution is 2.27. The largest absolute Gasteiger partial charge is 0.464 e. The van der Waals surface area contributed by atoms with Crippen molar-refractivity contribution in [3.05, 3.63) is 0 Å². The maximum Gasteiger partial charge on any atom is 0.308 e. The third-order valence-corrected chi connectivity index (χ3v) is 2.87. The van der Waals surface area contributed by atoms with Gasteiger partial charge in [0.15, 0.2) is 0 Å². The summed E-state index contributed by atoms with van der Waals surface area (Å²) in [5.74, 6) is 0.180. The van der Waals surface area contributed by atoms with Crippen molar-refractivity contribution >= 4 is 5.97 Å². The van der Waals surface area contributed by atoms with Crippen LogP contribution < -0.4 is 5.32 Å². The average Bonchev–Trinajstić information content (AvgIpc) is 2.09. The molecule has 0 spiro atoms. The van der Waals surface area contributed by atoms with E-state index in [4.69, 9.17) is 4.74 Å². The van der Waals surface area contributed by atoms with Crippen LogP contribution in [0.3, 0.4) is 0 Å². The number of hydrogen-bond donors (Lipinski definition) is 1. The number of carbonyl (C=O) groups excluding carboxylic acids is 1. The minimum Gasteiger partial charge on any atom is -0.464 e. The number of rotatable bonds is 6. The van der Waals surface area contributed by atoms with Crippen molar-refractivity contribution in [3.8, 4) is 0 Å². The van der Waals surface area contributed by atoms with Gasteiger partial charge in [0.25, 0.3) is 0 Å². The average molecular weight is 213 g/mol. The van der Waals surface area contributed by atoms with Crippen molar-refractivity contribution in [1.29, 1.82) is 0 Å². The fourth-order valence-corrected chi connectivity index (χ4v) is 1.53. The van der Waals surface area contributed by atoms with Crippen molar-refractivity contribution < 1.29 is 9.53 Å². The summed E-state index contributed by atoms with van der Waals surface area (Å²) in [6, 6.07) is 0. The lowest BCUT2D eigenvalue weighted by atomic mass is 9.86. The highest BCUT2D eigenvalue weighted by molar-refractivity contribution is 5.73. The van der Waals surface area contributed by atoms with Crippen LogP contribution in [0.2, 0.25) is 0 Å². The van der Waals surface area contributed by atoms with Gasteiger partial charge in [-0.3, -0.25) is 4.79 Å². The maximum atomic E-state index is 11.5. The van der Waals surface area contributed by atoms with Gasteiger partial charge in [-0.2, -0.15) is 0 Å². The van der Waals surface area contributed by atoms with Crippen molar-refractivity contribution in [2.24, 2.45) is 5.92 Å². The first-order chi connectivity index (χ1) is 7.05. The minimum absolute atomic E-state index is 0.00683. The number of ether oxygens (including phenoxy) is 1. The van der Waals surface area contributed by atoms with Crippen LogP contribution >= 0.6 is 0 Å². The van der Waals surface area contributed by atoms with Crippen molar-refractivity contribution in [1.82, 2.24) is 5.32 Å². The Labute approximate surface area is 92.6 Å². The van der Waals surface area contributed by atoms with Crippen LogP contribution in [0, 0.1) is 5.92 Å². The molecule has 0 unspecified atom stereocenters. The molecule has 0 radical (unpaired) electrons. The molecule has 0 aliphatic heterocycles. The first-order valence-corrected chi connectivity index (χ1v) is 5.97. The molecule has 88 valence electrons. The Morgan fingerprint density at radius 3 is 2.60 bits per heavy atom. The molecule has 1 rings (SSSR count). The van der Waals surface area contributed by atoms with E-state index in [9.17, 15) is 4.79 Å². The molecule has 0 aromatic carbocycles. The lowest BCUT2D eigenvalue weighted by Crippen LogP contribution is -2.45. The SMILES string of the molecule is CCCNC(C)(C)COC(=O)C1CCC1. The van der Waals surface area contributed by atoms with E-state index in [-0.39, 0.29) is 17.4 Å². The Balaban J connectivity index is 2.18. The molecule has 0 aromatic rings. The predicted octanol–water partition coefficient (Wildman–Crippen LogP) is 2.11. The zero-order valence-corrected chi connectivity index (χ0v) is 10.1. The first-order valence-electron chi connectivity index (χ1n) is 5.97. The molecule has 3 heteroatoms. The van der Waals surface area contributed by atoms with Crippen molar-refractivity contribution in [2.75, 3.05) is 13.2 Å². The summed E-state index contributed by atoms with van der Waals surface area (Å²) in [7, 11) is 0. The molecule has 0 aromatic heterocycles. The molecule has 1 aliphatic carbocycles. The number of esters is 1. The molecule has 0 atom stereocenters. The highest BCUT2D eigenvalue weighted by atomic mass is 16.5. The summed E-state index contributed by atoms with van der Waals surface area (Å²) in [4.78, 5) is 11.5. The molecule has 1 aliphatic rings. The topological polar surface area (TPSA) is 38.3 Å². The molecule has 0 bridgehead atoms. The summed E-state index contributed by atoms with van der Waals surface area (Å²) in [6.45, 7) is 7.70. The van der Waals surface area contributed by atoms with Crippen LogP contribution in [-0.2, 0) is 9.53 Å². The third-order valence-electron chi connectivity index (χ3n) is 2.87. The molecule has 3 nitrogen and oxygen atoms in total. The van der Waals surface area contributed by atoms with Crippen LogP contribution in [0.5, 0.6) is 0 Å². The van der Waals surface area contributed by atoms with Gasteiger partial charge in [0.1, 0.15) is 6.61 Å². The van der Waals surface area contributed by atoms with Crippen LogP contribution in [-0.4, -0.2) is 24.7 Å². The Hall–Kier alpha value is -0.570. The second-order valence-corrected chi connectivity index (χ2v) is 5.05. The molecule has 15 heavy (non-hydrogen) atoms. The molecular formula is C12H23NO2. The zero-order chi connectivity index (χ0) is 11.3. The number of nitrogens with one attached hydrogen (secondary N) is 1. The Morgan fingerprint density at radius 2 is 2.13 bits per heavy atom. The van der Waals surface area contributed by atoms with Crippen LogP contribution in [0.4, 0.5) is 0 Å². The van der Waals surface area contributed by atoms with Gasteiger partial charge in [0.2, 0.25) is 0 Å². The molecule has 1 saturated carbocycles. The Morgan fingerprint density at radius 1 is 1.47 bits per heavy atom. The fraction of sp³-hybridized carbons (Fsp3) is 0.917. The molecule has 0 heterocycles. The lowest BCUT2D eigenvalue weighted by Gasteiger charge is -2.28. The van der Waals surface area contributed by atoms with Gasteiger partial charge in [-0.15, -0.1) is 0 Å². The second kappa shape index (κ2) is 5.50. The van der Waals surface area contributed by atoms with Gasteiger partial charge in [-0.05, 0) is 39.7 Å². The molecule has 1 fully saturated rings. The van der Waals surface area contributed by atoms with E-state index in [2.05, 4.69) is 26.1 Å². The molecule has 0 amide bonds. The van der Waals surface area contributed by atoms with Gasteiger partial charge < -0.3 is 10.1 Å². The quantitative estimate of drug-likeness (QED) is 0.687. The summed E-state index contributed by atoms with van der Waals surface area (Å²) in [6.07, 6.45) is 4.31. The molecular weight excluding hydrogens is 190 g/mol. The van der Waals surface area contributed by atoms with Crippen LogP contribution in [0.15, 0.2) is 0 Å². The lowest BCUT2D eigenvalue weighted by molar-refractivity contribution is -0.153. The van der Waals surface area contributed by atoms with E-state index in [1.165, 1.54) is 6.42 Å². The molecule has 0 saturated heterocycles. The normalized spacial score (nSPS) is 17.3. The van der Waals surface area contributed by atoms with Gasteiger partial charge in [-0.25, -0.2) is 0 Å². The fourth-order valence-electron chi connectivity index (χ4n) is 1.53. The summed E-state index contributed by atoms with van der Waals surface area (Å²) >= 11 is 0. The Bertz CT molecular complexity index is 210. The van der Waals surface area contributed by atoms with Gasteiger partial charge in [0.05, 0.1) is 5.92 Å². The van der Waals surface area contributed by atoms with E-state index in [1.54, 1.807) is 0 Å². The van der Waals surface area contributed by atoms with E-state index < -0.39 is 0 Å². The summed E-state index contributed by atoms with van der Waals surface area (Å²) in [5.41, 5.74) is -0.102. The first kappa shape index (κ1) is 12.5. The van der Waals surface area contributed by atoms with E-state index in [0.717, 1.165) is 25.8 Å². The van der Waals surface area contributed by atoms with Crippen LogP contribution in [0.25, 0.3) is 0 Å². The van der Waals surface area contributed by atoms with Crippen LogP contribution in [0.1, 0.15) is 46.5 Å². The van der Waals surface area contributed by atoms with E-state index >= 15 is 0 Å². The summed E-state index contributed by atoms with van der Waals surface area (Å²) < 4.78 is 5.31. The zero-order valence-electron chi connectivity index (χ0n) is 10.1. The third kappa shape index (κ3) is 4.20. The summed E-state index contributed by atoms with van der Waals surface area (Å²) in [5, 5.41) is 3.36. The maximum absolute atomic E-state index is 11.5.